The molecular formula is C13H22N2S. The number of nitrogens with two attached hydrogens (primary N) is 2. The number of benzene rings is 1. The van der Waals surface area contributed by atoms with E-state index in [1.807, 2.05) is 25.6 Å². The molecule has 3 heteroatoms. The minimum atomic E-state index is 0.0676. The molecule has 4 N–H and O–H groups in total. The third-order valence-corrected chi connectivity index (χ3v) is 3.81. The molecule has 2 unspecified atom stereocenters. The zero-order valence-corrected chi connectivity index (χ0v) is 11.2. The van der Waals surface area contributed by atoms with Gasteiger partial charge in [-0.2, -0.15) is 0 Å². The molecule has 90 valence electrons. The smallest absolute Gasteiger partial charge is 0.0277 e. The normalized spacial score (nSPS) is 14.8. The van der Waals surface area contributed by atoms with Gasteiger partial charge >= 0.3 is 0 Å². The molecule has 0 spiro atoms. The van der Waals surface area contributed by atoms with Crippen LogP contribution in [0.2, 0.25) is 0 Å². The van der Waals surface area contributed by atoms with Crippen LogP contribution < -0.4 is 11.5 Å². The van der Waals surface area contributed by atoms with Crippen molar-refractivity contribution < 1.29 is 0 Å². The molecule has 0 saturated heterocycles. The van der Waals surface area contributed by atoms with Crippen molar-refractivity contribution in [2.24, 2.45) is 11.5 Å². The first-order valence-electron chi connectivity index (χ1n) is 5.84. The molecule has 0 aliphatic rings. The van der Waals surface area contributed by atoms with Gasteiger partial charge in [-0.05, 0) is 43.2 Å². The largest absolute Gasteiger partial charge is 0.324 e. The molecular weight excluding hydrogens is 216 g/mol. The van der Waals surface area contributed by atoms with Crippen molar-refractivity contribution in [2.75, 3.05) is 5.75 Å². The fraction of sp³-hybridized carbons (Fsp3) is 0.538. The van der Waals surface area contributed by atoms with Gasteiger partial charge in [0.15, 0.2) is 0 Å². The molecule has 16 heavy (non-hydrogen) atoms. The van der Waals surface area contributed by atoms with E-state index in [1.165, 1.54) is 16.9 Å². The van der Waals surface area contributed by atoms with Crippen LogP contribution in [0, 0.1) is 0 Å². The highest BCUT2D eigenvalue weighted by Gasteiger charge is 2.10. The molecule has 1 aromatic rings. The van der Waals surface area contributed by atoms with Crippen LogP contribution in [0.1, 0.15) is 50.4 Å². The summed E-state index contributed by atoms with van der Waals surface area (Å²) in [6.45, 7) is 6.21. The summed E-state index contributed by atoms with van der Waals surface area (Å²) in [5.74, 6) is 1.14. The van der Waals surface area contributed by atoms with Gasteiger partial charge in [0.1, 0.15) is 0 Å². The molecule has 0 bridgehead atoms. The molecule has 0 aromatic heterocycles. The first-order chi connectivity index (χ1) is 7.56. The highest BCUT2D eigenvalue weighted by Crippen LogP contribution is 2.29. The molecule has 1 rings (SSSR count). The molecule has 0 radical (unpaired) electrons. The summed E-state index contributed by atoms with van der Waals surface area (Å²) in [5, 5.41) is 0. The zero-order chi connectivity index (χ0) is 12.1. The second-order valence-electron chi connectivity index (χ2n) is 4.22. The first kappa shape index (κ1) is 13.6. The summed E-state index contributed by atoms with van der Waals surface area (Å²) in [4.78, 5) is 1.29. The lowest BCUT2D eigenvalue weighted by Crippen LogP contribution is -2.10. The molecule has 1 aromatic carbocycles. The Morgan fingerprint density at radius 2 is 1.88 bits per heavy atom. The van der Waals surface area contributed by atoms with E-state index in [1.54, 1.807) is 0 Å². The quantitative estimate of drug-likeness (QED) is 0.774. The highest BCUT2D eigenvalue weighted by atomic mass is 32.2. The van der Waals surface area contributed by atoms with Crippen molar-refractivity contribution >= 4 is 11.8 Å². The standard InChI is InChI=1S/C13H22N2S/c1-4-7-16-13-6-5-11(9(2)14)8-12(13)10(3)15/h5-6,8-10H,4,7,14-15H2,1-3H3. The second-order valence-corrected chi connectivity index (χ2v) is 5.36. The second kappa shape index (κ2) is 6.28. The maximum atomic E-state index is 6.00. The summed E-state index contributed by atoms with van der Waals surface area (Å²) >= 11 is 1.87. The van der Waals surface area contributed by atoms with Crippen LogP contribution in [-0.4, -0.2) is 5.75 Å². The van der Waals surface area contributed by atoms with Crippen LogP contribution in [-0.2, 0) is 0 Å². The van der Waals surface area contributed by atoms with Crippen molar-refractivity contribution in [1.82, 2.24) is 0 Å². The number of hydrogen-bond donors (Lipinski definition) is 2. The molecule has 0 aliphatic carbocycles. The molecule has 0 aliphatic heterocycles. The average Bonchev–Trinajstić information content (AvgIpc) is 2.25. The van der Waals surface area contributed by atoms with Gasteiger partial charge in [0.25, 0.3) is 0 Å². The van der Waals surface area contributed by atoms with E-state index in [0.29, 0.717) is 0 Å². The van der Waals surface area contributed by atoms with Gasteiger partial charge < -0.3 is 11.5 Å². The Labute approximate surface area is 103 Å². The lowest BCUT2D eigenvalue weighted by Gasteiger charge is -2.15. The van der Waals surface area contributed by atoms with E-state index >= 15 is 0 Å². The maximum absolute atomic E-state index is 6.00. The first-order valence-corrected chi connectivity index (χ1v) is 6.82. The minimum absolute atomic E-state index is 0.0676. The fourth-order valence-corrected chi connectivity index (χ4v) is 2.55. The van der Waals surface area contributed by atoms with Crippen LogP contribution in [0.4, 0.5) is 0 Å². The topological polar surface area (TPSA) is 52.0 Å². The summed E-state index contributed by atoms with van der Waals surface area (Å²) < 4.78 is 0. The fourth-order valence-electron chi connectivity index (χ4n) is 1.55. The van der Waals surface area contributed by atoms with Gasteiger partial charge in [-0.25, -0.2) is 0 Å². The summed E-state index contributed by atoms with van der Waals surface area (Å²) in [6, 6.07) is 6.54. The molecule has 2 nitrogen and oxygen atoms in total. The van der Waals surface area contributed by atoms with E-state index in [9.17, 15) is 0 Å². The Kier molecular flexibility index (Phi) is 5.32. The van der Waals surface area contributed by atoms with Gasteiger partial charge in [0.05, 0.1) is 0 Å². The van der Waals surface area contributed by atoms with Gasteiger partial charge in [0.2, 0.25) is 0 Å². The monoisotopic (exact) mass is 238 g/mol. The molecule has 0 heterocycles. The highest BCUT2D eigenvalue weighted by molar-refractivity contribution is 7.99. The Balaban J connectivity index is 2.99. The number of thioether (sulfide) groups is 1. The minimum Gasteiger partial charge on any atom is -0.324 e. The van der Waals surface area contributed by atoms with Crippen molar-refractivity contribution in [2.45, 2.75) is 44.2 Å². The van der Waals surface area contributed by atoms with E-state index in [4.69, 9.17) is 11.5 Å². The average molecular weight is 238 g/mol. The Morgan fingerprint density at radius 3 is 2.38 bits per heavy atom. The molecule has 0 fully saturated rings. The third-order valence-electron chi connectivity index (χ3n) is 2.51. The lowest BCUT2D eigenvalue weighted by molar-refractivity contribution is 0.773. The maximum Gasteiger partial charge on any atom is 0.0277 e. The Bertz CT molecular complexity index is 335. The SMILES string of the molecule is CCCSc1ccc(C(C)N)cc1C(C)N. The summed E-state index contributed by atoms with van der Waals surface area (Å²) in [6.07, 6.45) is 1.18. The molecule has 0 saturated carbocycles. The van der Waals surface area contributed by atoms with Crippen molar-refractivity contribution in [3.05, 3.63) is 29.3 Å². The Hall–Kier alpha value is -0.510. The van der Waals surface area contributed by atoms with Crippen LogP contribution in [0.5, 0.6) is 0 Å². The number of rotatable bonds is 5. The number of hydrogen-bond acceptors (Lipinski definition) is 3. The molecule has 2 atom stereocenters. The third kappa shape index (κ3) is 3.51. The van der Waals surface area contributed by atoms with E-state index < -0.39 is 0 Å². The van der Waals surface area contributed by atoms with Crippen LogP contribution in [0.15, 0.2) is 23.1 Å². The lowest BCUT2D eigenvalue weighted by atomic mass is 10.0. The van der Waals surface area contributed by atoms with Crippen molar-refractivity contribution in [1.29, 1.82) is 0 Å². The van der Waals surface area contributed by atoms with Gasteiger partial charge in [-0.3, -0.25) is 0 Å². The van der Waals surface area contributed by atoms with Gasteiger partial charge in [-0.15, -0.1) is 11.8 Å². The van der Waals surface area contributed by atoms with Crippen LogP contribution in [0.25, 0.3) is 0 Å². The van der Waals surface area contributed by atoms with Crippen LogP contribution in [0.3, 0.4) is 0 Å². The van der Waals surface area contributed by atoms with Gasteiger partial charge in [0, 0.05) is 17.0 Å². The zero-order valence-electron chi connectivity index (χ0n) is 10.4. The van der Waals surface area contributed by atoms with Crippen molar-refractivity contribution in [3.63, 3.8) is 0 Å². The van der Waals surface area contributed by atoms with E-state index in [0.717, 1.165) is 11.3 Å². The van der Waals surface area contributed by atoms with E-state index in [2.05, 4.69) is 25.1 Å². The Morgan fingerprint density at radius 1 is 1.19 bits per heavy atom. The van der Waals surface area contributed by atoms with Crippen molar-refractivity contribution in [3.8, 4) is 0 Å². The van der Waals surface area contributed by atoms with E-state index in [-0.39, 0.29) is 12.1 Å². The predicted octanol–water partition coefficient (Wildman–Crippen LogP) is 3.23. The predicted molar refractivity (Wildman–Crippen MR) is 72.7 cm³/mol. The van der Waals surface area contributed by atoms with Gasteiger partial charge in [-0.1, -0.05) is 19.1 Å². The summed E-state index contributed by atoms with van der Waals surface area (Å²) in [5.41, 5.74) is 14.3. The summed E-state index contributed by atoms with van der Waals surface area (Å²) in [7, 11) is 0. The van der Waals surface area contributed by atoms with Crippen LogP contribution >= 0.6 is 11.8 Å². The molecule has 0 amide bonds.